The van der Waals surface area contributed by atoms with Gasteiger partial charge in [-0.05, 0) is 62.8 Å². The number of benzene rings is 1. The molecule has 176 valence electrons. The number of fused-ring (bicyclic) bond motifs is 1. The molecule has 1 N–H and O–H groups in total. The lowest BCUT2D eigenvalue weighted by Crippen LogP contribution is -2.45. The zero-order chi connectivity index (χ0) is 24.0. The molecule has 0 amide bonds. The first-order valence-electron chi connectivity index (χ1n) is 11.8. The van der Waals surface area contributed by atoms with Crippen LogP contribution in [0.15, 0.2) is 41.2 Å². The first-order valence-corrected chi connectivity index (χ1v) is 12.2. The molecule has 1 aromatic carbocycles. The summed E-state index contributed by atoms with van der Waals surface area (Å²) in [5, 5.41) is 20.7. The van der Waals surface area contributed by atoms with Gasteiger partial charge in [0.2, 0.25) is 0 Å². The summed E-state index contributed by atoms with van der Waals surface area (Å²) in [7, 11) is 3.60. The molecule has 5 rings (SSSR count). The van der Waals surface area contributed by atoms with Crippen LogP contribution >= 0.6 is 11.6 Å². The molecule has 0 atom stereocenters. The van der Waals surface area contributed by atoms with Gasteiger partial charge < -0.3 is 19.5 Å². The van der Waals surface area contributed by atoms with Gasteiger partial charge in [-0.1, -0.05) is 23.7 Å². The van der Waals surface area contributed by atoms with E-state index in [1.165, 1.54) is 4.57 Å². The number of aromatic hydroxyl groups is 1. The second kappa shape index (κ2) is 8.84. The maximum absolute atomic E-state index is 12.9. The van der Waals surface area contributed by atoms with Gasteiger partial charge in [0.15, 0.2) is 0 Å². The Bertz CT molecular complexity index is 1340. The fourth-order valence-electron chi connectivity index (χ4n) is 5.45. The molecule has 0 saturated heterocycles. The van der Waals surface area contributed by atoms with Gasteiger partial charge in [0.1, 0.15) is 28.1 Å². The number of nitriles is 1. The van der Waals surface area contributed by atoms with Crippen LogP contribution in [0.3, 0.4) is 0 Å². The van der Waals surface area contributed by atoms with E-state index in [9.17, 15) is 15.2 Å². The molecule has 2 fully saturated rings. The zero-order valence-corrected chi connectivity index (χ0v) is 20.2. The molecule has 0 bridgehead atoms. The summed E-state index contributed by atoms with van der Waals surface area (Å²) in [5.74, 6) is 0.335. The van der Waals surface area contributed by atoms with Crippen LogP contribution in [0, 0.1) is 11.3 Å². The number of nitrogens with zero attached hydrogens (tertiary/aromatic N) is 5. The highest BCUT2D eigenvalue weighted by Crippen LogP contribution is 2.42. The second-order valence-electron chi connectivity index (χ2n) is 9.40. The van der Waals surface area contributed by atoms with Gasteiger partial charge in [-0.25, -0.2) is 4.98 Å². The molecule has 2 saturated carbocycles. The molecule has 2 heterocycles. The van der Waals surface area contributed by atoms with Gasteiger partial charge in [0, 0.05) is 32.2 Å². The van der Waals surface area contributed by atoms with Crippen molar-refractivity contribution in [2.75, 3.05) is 16.8 Å². The lowest BCUT2D eigenvalue weighted by molar-refractivity contribution is 0.363. The normalized spacial score (nSPS) is 20.2. The van der Waals surface area contributed by atoms with E-state index in [2.05, 4.69) is 20.9 Å². The molecule has 0 radical (unpaired) electrons. The highest BCUT2D eigenvalue weighted by Gasteiger charge is 2.38. The Balaban J connectivity index is 1.44. The van der Waals surface area contributed by atoms with E-state index in [-0.39, 0.29) is 17.2 Å². The van der Waals surface area contributed by atoms with Gasteiger partial charge in [-0.3, -0.25) is 4.79 Å². The molecule has 3 aromatic rings. The van der Waals surface area contributed by atoms with Gasteiger partial charge in [-0.15, -0.1) is 0 Å². The van der Waals surface area contributed by atoms with Gasteiger partial charge in [0.05, 0.1) is 16.9 Å². The Hall–Kier alpha value is -3.24. The number of aryl methyl sites for hydroxylation is 1. The highest BCUT2D eigenvalue weighted by atomic mass is 35.5. The number of hydrogen-bond donors (Lipinski definition) is 1. The van der Waals surface area contributed by atoms with Crippen LogP contribution in [0.4, 0.5) is 11.4 Å². The smallest absolute Gasteiger partial charge is 0.270 e. The minimum absolute atomic E-state index is 0.100. The predicted molar refractivity (Wildman–Crippen MR) is 135 cm³/mol. The molecular weight excluding hydrogens is 450 g/mol. The third-order valence-electron chi connectivity index (χ3n) is 7.35. The third-order valence-corrected chi connectivity index (χ3v) is 7.56. The number of aromatic nitrogens is 2. The number of rotatable bonds is 5. The van der Waals surface area contributed by atoms with Crippen molar-refractivity contribution < 1.29 is 5.11 Å². The molecule has 2 aliphatic rings. The zero-order valence-electron chi connectivity index (χ0n) is 19.4. The molecule has 2 aliphatic carbocycles. The first kappa shape index (κ1) is 22.5. The predicted octanol–water partition coefficient (Wildman–Crippen LogP) is 4.58. The fraction of sp³-hybridized carbons (Fsp3) is 0.423. The van der Waals surface area contributed by atoms with Crippen LogP contribution in [-0.2, 0) is 7.05 Å². The number of hydrogen-bond acceptors (Lipinski definition) is 6. The molecule has 0 unspecified atom stereocenters. The largest absolute Gasteiger partial charge is 0.506 e. The van der Waals surface area contributed by atoms with Crippen molar-refractivity contribution in [1.82, 2.24) is 9.55 Å². The lowest BCUT2D eigenvalue weighted by Gasteiger charge is -2.42. The van der Waals surface area contributed by atoms with Gasteiger partial charge in [-0.2, -0.15) is 5.26 Å². The van der Waals surface area contributed by atoms with E-state index in [0.717, 1.165) is 44.2 Å². The standard InChI is InChI=1S/C26H28ClN5O2/c1-30(25-19(15-28)26(34)31(2)21-13-14-23(27)29-24(21)25)16-7-9-17(10-8-16)32(18-11-12-18)20-5-3-4-6-22(20)33/h3-6,13-14,16-18,33H,7-12H2,1-2H3/t16-,17-. The molecule has 0 spiro atoms. The summed E-state index contributed by atoms with van der Waals surface area (Å²) in [6.07, 6.45) is 6.09. The minimum atomic E-state index is -0.325. The number of para-hydroxylation sites is 2. The summed E-state index contributed by atoms with van der Waals surface area (Å²) in [4.78, 5) is 21.9. The van der Waals surface area contributed by atoms with E-state index in [0.29, 0.717) is 39.7 Å². The van der Waals surface area contributed by atoms with Crippen LogP contribution in [0.25, 0.3) is 11.0 Å². The van der Waals surface area contributed by atoms with Crippen LogP contribution in [0.5, 0.6) is 5.75 Å². The van der Waals surface area contributed by atoms with Crippen LogP contribution < -0.4 is 15.4 Å². The number of halogens is 1. The Kier molecular flexibility index (Phi) is 5.86. The lowest BCUT2D eigenvalue weighted by atomic mass is 9.88. The summed E-state index contributed by atoms with van der Waals surface area (Å²) in [6, 6.07) is 14.2. The van der Waals surface area contributed by atoms with Crippen molar-refractivity contribution in [2.45, 2.75) is 56.7 Å². The average molecular weight is 478 g/mol. The average Bonchev–Trinajstić information content (AvgIpc) is 3.68. The topological polar surface area (TPSA) is 85.4 Å². The molecule has 7 nitrogen and oxygen atoms in total. The van der Waals surface area contributed by atoms with Crippen LogP contribution in [0.1, 0.15) is 44.1 Å². The van der Waals surface area contributed by atoms with Crippen molar-refractivity contribution in [3.63, 3.8) is 0 Å². The summed E-state index contributed by atoms with van der Waals surface area (Å²) in [6.45, 7) is 0. The van der Waals surface area contributed by atoms with E-state index in [4.69, 9.17) is 11.6 Å². The third kappa shape index (κ3) is 3.86. The highest BCUT2D eigenvalue weighted by molar-refractivity contribution is 6.29. The monoisotopic (exact) mass is 477 g/mol. The summed E-state index contributed by atoms with van der Waals surface area (Å²) in [5.41, 5.74) is 2.49. The van der Waals surface area contributed by atoms with Crippen molar-refractivity contribution in [3.8, 4) is 11.8 Å². The van der Waals surface area contributed by atoms with Gasteiger partial charge >= 0.3 is 0 Å². The van der Waals surface area contributed by atoms with Crippen molar-refractivity contribution in [1.29, 1.82) is 5.26 Å². The van der Waals surface area contributed by atoms with Crippen molar-refractivity contribution in [2.24, 2.45) is 7.05 Å². The Labute approximate surface area is 203 Å². The number of phenolic OH excluding ortho intramolecular Hbond substituents is 1. The fourth-order valence-corrected chi connectivity index (χ4v) is 5.59. The van der Waals surface area contributed by atoms with Crippen LogP contribution in [-0.4, -0.2) is 39.8 Å². The SMILES string of the molecule is Cn1c(=O)c(C#N)c(N(C)[C@H]2CC[C@H](N(c3ccccc3O)C3CC3)CC2)c2nc(Cl)ccc21. The van der Waals surface area contributed by atoms with E-state index >= 15 is 0 Å². The summed E-state index contributed by atoms with van der Waals surface area (Å²) < 4.78 is 1.46. The van der Waals surface area contributed by atoms with E-state index < -0.39 is 0 Å². The molecule has 8 heteroatoms. The van der Waals surface area contributed by atoms with Crippen molar-refractivity contribution in [3.05, 3.63) is 57.5 Å². The van der Waals surface area contributed by atoms with E-state index in [1.807, 2.05) is 25.2 Å². The number of pyridine rings is 2. The van der Waals surface area contributed by atoms with Crippen molar-refractivity contribution >= 4 is 34.0 Å². The van der Waals surface area contributed by atoms with Gasteiger partial charge in [0.25, 0.3) is 5.56 Å². The first-order chi connectivity index (χ1) is 16.4. The quantitative estimate of drug-likeness (QED) is 0.541. The Morgan fingerprint density at radius 1 is 1.06 bits per heavy atom. The number of anilines is 2. The Morgan fingerprint density at radius 3 is 2.29 bits per heavy atom. The Morgan fingerprint density at radius 2 is 1.68 bits per heavy atom. The molecule has 2 aromatic heterocycles. The summed E-state index contributed by atoms with van der Waals surface area (Å²) >= 11 is 6.20. The maximum atomic E-state index is 12.9. The van der Waals surface area contributed by atoms with Crippen LogP contribution in [0.2, 0.25) is 5.15 Å². The second-order valence-corrected chi connectivity index (χ2v) is 9.79. The molecular formula is C26H28ClN5O2. The minimum Gasteiger partial charge on any atom is -0.506 e. The number of phenols is 1. The maximum Gasteiger partial charge on any atom is 0.270 e. The molecule has 34 heavy (non-hydrogen) atoms. The molecule has 0 aliphatic heterocycles. The van der Waals surface area contributed by atoms with E-state index in [1.54, 1.807) is 25.2 Å².